The highest BCUT2D eigenvalue weighted by atomic mass is 19.4. The fourth-order valence-electron chi connectivity index (χ4n) is 3.85. The standard InChI is InChI=1S/C17H22N6O2.C2HF3O2/c1-13-17(4-8-22(9-5-17)16-18-6-3-7-19-16)25-12-15(24)23(13)14-10-20-21(2)11-14;3-2(4,5)1(6)7/h3,6-7,10-11,13H,4-5,8-9,12H2,1-2H3;(H,6,7). The van der Waals surface area contributed by atoms with Gasteiger partial charge in [0.25, 0.3) is 5.91 Å². The monoisotopic (exact) mass is 456 g/mol. The smallest absolute Gasteiger partial charge is 0.475 e. The van der Waals surface area contributed by atoms with Crippen molar-refractivity contribution in [3.05, 3.63) is 30.9 Å². The summed E-state index contributed by atoms with van der Waals surface area (Å²) in [5.74, 6) is -2.02. The van der Waals surface area contributed by atoms with E-state index in [0.29, 0.717) is 0 Å². The van der Waals surface area contributed by atoms with Gasteiger partial charge in [-0.2, -0.15) is 18.3 Å². The number of aryl methyl sites for hydroxylation is 1. The van der Waals surface area contributed by atoms with Crippen LogP contribution in [0.3, 0.4) is 0 Å². The van der Waals surface area contributed by atoms with E-state index in [1.807, 2.05) is 24.2 Å². The van der Waals surface area contributed by atoms with Crippen molar-refractivity contribution in [1.82, 2.24) is 19.7 Å². The zero-order valence-corrected chi connectivity index (χ0v) is 17.5. The second kappa shape index (κ2) is 9.10. The van der Waals surface area contributed by atoms with Gasteiger partial charge in [-0.05, 0) is 25.8 Å². The van der Waals surface area contributed by atoms with Gasteiger partial charge in [0, 0.05) is 38.7 Å². The van der Waals surface area contributed by atoms with Crippen LogP contribution in [0.4, 0.5) is 24.8 Å². The number of anilines is 2. The fourth-order valence-corrected chi connectivity index (χ4v) is 3.85. The van der Waals surface area contributed by atoms with Crippen LogP contribution in [0.25, 0.3) is 0 Å². The first-order valence-electron chi connectivity index (χ1n) is 9.80. The van der Waals surface area contributed by atoms with Gasteiger partial charge in [-0.1, -0.05) is 0 Å². The molecule has 1 N–H and O–H groups in total. The molecule has 0 bridgehead atoms. The average Bonchev–Trinajstić information content (AvgIpc) is 3.18. The van der Waals surface area contributed by atoms with Crippen LogP contribution in [0.2, 0.25) is 0 Å². The van der Waals surface area contributed by atoms with Crippen LogP contribution in [0.5, 0.6) is 0 Å². The molecule has 0 aromatic carbocycles. The van der Waals surface area contributed by atoms with Gasteiger partial charge in [-0.25, -0.2) is 14.8 Å². The molecule has 10 nitrogen and oxygen atoms in total. The summed E-state index contributed by atoms with van der Waals surface area (Å²) in [5.41, 5.74) is 0.492. The lowest BCUT2D eigenvalue weighted by atomic mass is 9.82. The van der Waals surface area contributed by atoms with Crippen molar-refractivity contribution in [3.8, 4) is 0 Å². The zero-order chi connectivity index (χ0) is 23.5. The zero-order valence-electron chi connectivity index (χ0n) is 17.5. The number of carboxylic acid groups (broad SMARTS) is 1. The molecule has 2 aliphatic heterocycles. The Bertz CT molecular complexity index is 944. The number of rotatable bonds is 2. The number of hydrogen-bond donors (Lipinski definition) is 1. The third-order valence-electron chi connectivity index (χ3n) is 5.56. The highest BCUT2D eigenvalue weighted by molar-refractivity contribution is 5.95. The summed E-state index contributed by atoms with van der Waals surface area (Å²) < 4.78 is 39.5. The van der Waals surface area contributed by atoms with E-state index in [1.165, 1.54) is 0 Å². The van der Waals surface area contributed by atoms with Crippen LogP contribution in [0.15, 0.2) is 30.9 Å². The van der Waals surface area contributed by atoms with Crippen molar-refractivity contribution >= 4 is 23.5 Å². The van der Waals surface area contributed by atoms with E-state index in [4.69, 9.17) is 14.6 Å². The van der Waals surface area contributed by atoms with E-state index in [0.717, 1.165) is 37.6 Å². The molecule has 4 heterocycles. The molecule has 2 aliphatic rings. The number of aliphatic carboxylic acids is 1. The Balaban J connectivity index is 0.000000360. The predicted molar refractivity (Wildman–Crippen MR) is 106 cm³/mol. The van der Waals surface area contributed by atoms with Crippen molar-refractivity contribution < 1.29 is 32.6 Å². The average molecular weight is 456 g/mol. The molecular weight excluding hydrogens is 433 g/mol. The molecule has 13 heteroatoms. The molecular formula is C19H23F3N6O4. The van der Waals surface area contributed by atoms with Crippen LogP contribution in [0, 0.1) is 0 Å². The van der Waals surface area contributed by atoms with Gasteiger partial charge in [0.15, 0.2) is 0 Å². The van der Waals surface area contributed by atoms with E-state index in [2.05, 4.69) is 26.9 Å². The second-order valence-electron chi connectivity index (χ2n) is 7.50. The molecule has 0 saturated carbocycles. The van der Waals surface area contributed by atoms with Crippen molar-refractivity contribution in [2.75, 3.05) is 29.5 Å². The Labute approximate surface area is 181 Å². The van der Waals surface area contributed by atoms with Crippen LogP contribution < -0.4 is 9.80 Å². The normalized spacial score (nSPS) is 20.7. The summed E-state index contributed by atoms with van der Waals surface area (Å²) in [6.45, 7) is 3.80. The number of amides is 1. The number of carbonyl (C=O) groups is 2. The van der Waals surface area contributed by atoms with Gasteiger partial charge >= 0.3 is 12.1 Å². The Kier molecular flexibility index (Phi) is 6.67. The third kappa shape index (κ3) is 4.98. The Hall–Kier alpha value is -3.22. The lowest BCUT2D eigenvalue weighted by molar-refractivity contribution is -0.192. The first kappa shape index (κ1) is 23.4. The fraction of sp³-hybridized carbons (Fsp3) is 0.526. The summed E-state index contributed by atoms with van der Waals surface area (Å²) in [6.07, 6.45) is 3.71. The number of alkyl halides is 3. The largest absolute Gasteiger partial charge is 0.490 e. The molecule has 32 heavy (non-hydrogen) atoms. The minimum atomic E-state index is -5.08. The summed E-state index contributed by atoms with van der Waals surface area (Å²) in [7, 11) is 1.85. The van der Waals surface area contributed by atoms with Gasteiger partial charge in [0.2, 0.25) is 5.95 Å². The van der Waals surface area contributed by atoms with Gasteiger partial charge in [-0.15, -0.1) is 0 Å². The number of carboxylic acids is 1. The maximum atomic E-state index is 12.5. The minimum Gasteiger partial charge on any atom is -0.475 e. The molecule has 2 saturated heterocycles. The number of aromatic nitrogens is 4. The quantitative estimate of drug-likeness (QED) is 0.726. The van der Waals surface area contributed by atoms with E-state index in [9.17, 15) is 18.0 Å². The van der Waals surface area contributed by atoms with Gasteiger partial charge in [0.1, 0.15) is 6.61 Å². The number of hydrogen-bond acceptors (Lipinski definition) is 7. The number of piperidine rings is 1. The van der Waals surface area contributed by atoms with Crippen molar-refractivity contribution in [2.45, 2.75) is 37.6 Å². The van der Waals surface area contributed by atoms with Crippen molar-refractivity contribution in [2.24, 2.45) is 7.05 Å². The molecule has 1 atom stereocenters. The van der Waals surface area contributed by atoms with Crippen LogP contribution >= 0.6 is 0 Å². The number of morpholine rings is 1. The number of carbonyl (C=O) groups excluding carboxylic acids is 1. The molecule has 1 amide bonds. The van der Waals surface area contributed by atoms with Gasteiger partial charge in [0.05, 0.1) is 23.5 Å². The Morgan fingerprint density at radius 3 is 2.34 bits per heavy atom. The summed E-state index contributed by atoms with van der Waals surface area (Å²) >= 11 is 0. The van der Waals surface area contributed by atoms with Crippen molar-refractivity contribution in [1.29, 1.82) is 0 Å². The summed E-state index contributed by atoms with van der Waals surface area (Å²) in [6, 6.07) is 1.77. The summed E-state index contributed by atoms with van der Waals surface area (Å²) in [5, 5.41) is 11.3. The van der Waals surface area contributed by atoms with Crippen molar-refractivity contribution in [3.63, 3.8) is 0 Å². The van der Waals surface area contributed by atoms with Gasteiger partial charge < -0.3 is 19.6 Å². The third-order valence-corrected chi connectivity index (χ3v) is 5.56. The summed E-state index contributed by atoms with van der Waals surface area (Å²) in [4.78, 5) is 34.0. The maximum Gasteiger partial charge on any atom is 0.490 e. The lowest BCUT2D eigenvalue weighted by Gasteiger charge is -2.51. The van der Waals surface area contributed by atoms with Gasteiger partial charge in [-0.3, -0.25) is 9.48 Å². The highest BCUT2D eigenvalue weighted by Gasteiger charge is 2.49. The number of nitrogens with zero attached hydrogens (tertiary/aromatic N) is 6. The first-order valence-corrected chi connectivity index (χ1v) is 9.80. The maximum absolute atomic E-state index is 12.5. The first-order chi connectivity index (χ1) is 15.0. The molecule has 2 aromatic rings. The molecule has 0 radical (unpaired) electrons. The molecule has 1 spiro atoms. The minimum absolute atomic E-state index is 0.0139. The predicted octanol–water partition coefficient (Wildman–Crippen LogP) is 1.63. The second-order valence-corrected chi connectivity index (χ2v) is 7.50. The van der Waals surface area contributed by atoms with Crippen LogP contribution in [-0.4, -0.2) is 74.2 Å². The number of halogens is 3. The van der Waals surface area contributed by atoms with E-state index in [-0.39, 0.29) is 24.2 Å². The van der Waals surface area contributed by atoms with Crippen LogP contribution in [-0.2, 0) is 21.4 Å². The Morgan fingerprint density at radius 2 is 1.84 bits per heavy atom. The SMILES string of the molecule is CC1N(c2cnn(C)c2)C(=O)COC12CCN(c1ncccn1)CC2.O=C(O)C(F)(F)F. The molecule has 174 valence electrons. The molecule has 4 rings (SSSR count). The van der Waals surface area contributed by atoms with E-state index >= 15 is 0 Å². The number of ether oxygens (including phenoxy) is 1. The molecule has 1 unspecified atom stereocenters. The molecule has 0 aliphatic carbocycles. The molecule has 2 fully saturated rings. The van der Waals surface area contributed by atoms with E-state index in [1.54, 1.807) is 23.3 Å². The highest BCUT2D eigenvalue weighted by Crippen LogP contribution is 2.38. The Morgan fingerprint density at radius 1 is 1.25 bits per heavy atom. The topological polar surface area (TPSA) is 114 Å². The lowest BCUT2D eigenvalue weighted by Crippen LogP contribution is -2.64. The van der Waals surface area contributed by atoms with Crippen LogP contribution in [0.1, 0.15) is 19.8 Å². The molecule has 2 aromatic heterocycles. The van der Waals surface area contributed by atoms with E-state index < -0.39 is 12.1 Å².